The maximum atomic E-state index is 11.6. The van der Waals surface area contributed by atoms with Crippen LogP contribution in [0.2, 0.25) is 0 Å². The molecule has 1 heterocycles. The molecule has 1 unspecified atom stereocenters. The lowest BCUT2D eigenvalue weighted by molar-refractivity contribution is -0.126. The third-order valence-corrected chi connectivity index (χ3v) is 2.83. The van der Waals surface area contributed by atoms with Crippen LogP contribution in [-0.4, -0.2) is 48.2 Å². The third-order valence-electron chi connectivity index (χ3n) is 2.83. The molecule has 4 nitrogen and oxygen atoms in total. The molecule has 0 aliphatic carbocycles. The summed E-state index contributed by atoms with van der Waals surface area (Å²) in [6.45, 7) is 6.79. The number of hydrogen-bond acceptors (Lipinski definition) is 3. The fraction of sp³-hybridized carbons (Fsp3) is 0.909. The quantitative estimate of drug-likeness (QED) is 0.703. The molecule has 88 valence electrons. The zero-order valence-electron chi connectivity index (χ0n) is 9.70. The summed E-state index contributed by atoms with van der Waals surface area (Å²) in [6.07, 6.45) is 2.05. The van der Waals surface area contributed by atoms with E-state index in [9.17, 15) is 9.90 Å². The van der Waals surface area contributed by atoms with E-state index in [-0.39, 0.29) is 18.6 Å². The maximum absolute atomic E-state index is 11.6. The third kappa shape index (κ3) is 3.80. The molecule has 0 aromatic rings. The fourth-order valence-electron chi connectivity index (χ4n) is 1.82. The number of hydrogen-bond donors (Lipinski definition) is 2. The Balaban J connectivity index is 2.52. The number of rotatable bonds is 4. The van der Waals surface area contributed by atoms with E-state index in [1.165, 1.54) is 0 Å². The van der Waals surface area contributed by atoms with Gasteiger partial charge in [-0.1, -0.05) is 13.8 Å². The van der Waals surface area contributed by atoms with Crippen LogP contribution in [0.5, 0.6) is 0 Å². The topological polar surface area (TPSA) is 52.6 Å². The van der Waals surface area contributed by atoms with Gasteiger partial charge >= 0.3 is 0 Å². The predicted octanol–water partition coefficient (Wildman–Crippen LogP) is 0.215. The molecule has 1 aliphatic rings. The monoisotopic (exact) mass is 214 g/mol. The minimum Gasteiger partial charge on any atom is -0.394 e. The molecule has 0 aromatic heterocycles. The van der Waals surface area contributed by atoms with Gasteiger partial charge in [0.15, 0.2) is 0 Å². The molecule has 1 saturated heterocycles. The van der Waals surface area contributed by atoms with E-state index in [4.69, 9.17) is 0 Å². The van der Waals surface area contributed by atoms with Crippen LogP contribution in [0.25, 0.3) is 0 Å². The lowest BCUT2D eigenvalue weighted by atomic mass is 10.1. The van der Waals surface area contributed by atoms with Crippen LogP contribution in [0.15, 0.2) is 0 Å². The van der Waals surface area contributed by atoms with Crippen LogP contribution in [0.3, 0.4) is 0 Å². The number of carbonyl (C=O) groups excluding carboxylic acids is 1. The smallest absolute Gasteiger partial charge is 0.239 e. The first-order valence-corrected chi connectivity index (χ1v) is 5.77. The largest absolute Gasteiger partial charge is 0.394 e. The van der Waals surface area contributed by atoms with Crippen molar-refractivity contribution < 1.29 is 9.90 Å². The van der Waals surface area contributed by atoms with Crippen LogP contribution in [-0.2, 0) is 4.79 Å². The second kappa shape index (κ2) is 6.08. The molecule has 0 aromatic carbocycles. The molecule has 1 aliphatic heterocycles. The standard InChI is InChI=1S/C11H22N2O2/c1-9(2)4-7-13-6-3-5-12-11(15)10(13)8-14/h9-10,14H,3-8H2,1-2H3,(H,12,15). The van der Waals surface area contributed by atoms with Gasteiger partial charge in [-0.2, -0.15) is 0 Å². The van der Waals surface area contributed by atoms with Gasteiger partial charge < -0.3 is 10.4 Å². The highest BCUT2D eigenvalue weighted by atomic mass is 16.3. The number of carbonyl (C=O) groups is 1. The molecule has 1 rings (SSSR count). The van der Waals surface area contributed by atoms with E-state index in [1.807, 2.05) is 0 Å². The Labute approximate surface area is 91.6 Å². The van der Waals surface area contributed by atoms with E-state index < -0.39 is 0 Å². The van der Waals surface area contributed by atoms with E-state index in [0.717, 1.165) is 32.5 Å². The van der Waals surface area contributed by atoms with Crippen molar-refractivity contribution in [3.63, 3.8) is 0 Å². The summed E-state index contributed by atoms with van der Waals surface area (Å²) >= 11 is 0. The van der Waals surface area contributed by atoms with Crippen LogP contribution in [0.4, 0.5) is 0 Å². The number of amides is 1. The van der Waals surface area contributed by atoms with Gasteiger partial charge in [0.1, 0.15) is 6.04 Å². The van der Waals surface area contributed by atoms with Crippen molar-refractivity contribution in [1.82, 2.24) is 10.2 Å². The molecular weight excluding hydrogens is 192 g/mol. The van der Waals surface area contributed by atoms with Gasteiger partial charge in [-0.05, 0) is 25.3 Å². The summed E-state index contributed by atoms with van der Waals surface area (Å²) in [4.78, 5) is 13.7. The second-order valence-electron chi connectivity index (χ2n) is 4.56. The van der Waals surface area contributed by atoms with Gasteiger partial charge in [-0.25, -0.2) is 0 Å². The molecule has 15 heavy (non-hydrogen) atoms. The van der Waals surface area contributed by atoms with E-state index in [2.05, 4.69) is 24.1 Å². The minimum atomic E-state index is -0.341. The highest BCUT2D eigenvalue weighted by Crippen LogP contribution is 2.09. The normalized spacial score (nSPS) is 24.0. The highest BCUT2D eigenvalue weighted by Gasteiger charge is 2.26. The number of aliphatic hydroxyl groups excluding tert-OH is 1. The Hall–Kier alpha value is -0.610. The van der Waals surface area contributed by atoms with Crippen LogP contribution in [0.1, 0.15) is 26.7 Å². The summed E-state index contributed by atoms with van der Waals surface area (Å²) in [6, 6.07) is -0.341. The van der Waals surface area contributed by atoms with E-state index in [0.29, 0.717) is 5.92 Å². The summed E-state index contributed by atoms with van der Waals surface area (Å²) < 4.78 is 0. The predicted molar refractivity (Wildman–Crippen MR) is 59.5 cm³/mol. The Morgan fingerprint density at radius 2 is 2.33 bits per heavy atom. The zero-order valence-corrected chi connectivity index (χ0v) is 9.70. The maximum Gasteiger partial charge on any atom is 0.239 e. The minimum absolute atomic E-state index is 0.0289. The van der Waals surface area contributed by atoms with E-state index in [1.54, 1.807) is 0 Å². The van der Waals surface area contributed by atoms with E-state index >= 15 is 0 Å². The SMILES string of the molecule is CC(C)CCN1CCCNC(=O)C1CO. The summed E-state index contributed by atoms with van der Waals surface area (Å²) in [5, 5.41) is 12.0. The van der Waals surface area contributed by atoms with Gasteiger partial charge in [0.2, 0.25) is 5.91 Å². The van der Waals surface area contributed by atoms with Crippen LogP contribution < -0.4 is 5.32 Å². The first-order valence-electron chi connectivity index (χ1n) is 5.77. The molecule has 1 amide bonds. The number of nitrogens with zero attached hydrogens (tertiary/aromatic N) is 1. The molecule has 4 heteroatoms. The fourth-order valence-corrected chi connectivity index (χ4v) is 1.82. The molecule has 0 bridgehead atoms. The molecule has 2 N–H and O–H groups in total. The Kier molecular flexibility index (Phi) is 5.05. The average molecular weight is 214 g/mol. The Morgan fingerprint density at radius 3 is 2.93 bits per heavy atom. The van der Waals surface area contributed by atoms with Crippen molar-refractivity contribution in [3.8, 4) is 0 Å². The lowest BCUT2D eigenvalue weighted by Crippen LogP contribution is -2.47. The van der Waals surface area contributed by atoms with Crippen molar-refractivity contribution >= 4 is 5.91 Å². The first-order chi connectivity index (χ1) is 7.15. The van der Waals surface area contributed by atoms with Gasteiger partial charge in [0, 0.05) is 13.1 Å². The number of nitrogens with one attached hydrogen (secondary N) is 1. The van der Waals surface area contributed by atoms with Crippen molar-refractivity contribution in [2.24, 2.45) is 5.92 Å². The molecule has 1 fully saturated rings. The van der Waals surface area contributed by atoms with Gasteiger partial charge in [0.25, 0.3) is 0 Å². The second-order valence-corrected chi connectivity index (χ2v) is 4.56. The lowest BCUT2D eigenvalue weighted by Gasteiger charge is -2.27. The molecule has 0 radical (unpaired) electrons. The van der Waals surface area contributed by atoms with Crippen molar-refractivity contribution in [3.05, 3.63) is 0 Å². The Bertz CT molecular complexity index is 207. The summed E-state index contributed by atoms with van der Waals surface area (Å²) in [5.74, 6) is 0.606. The van der Waals surface area contributed by atoms with Gasteiger partial charge in [-0.3, -0.25) is 9.69 Å². The van der Waals surface area contributed by atoms with Crippen molar-refractivity contribution in [2.75, 3.05) is 26.2 Å². The molecular formula is C11H22N2O2. The van der Waals surface area contributed by atoms with Crippen molar-refractivity contribution in [1.29, 1.82) is 0 Å². The average Bonchev–Trinajstić information content (AvgIpc) is 2.36. The summed E-state index contributed by atoms with van der Waals surface area (Å²) in [7, 11) is 0. The highest BCUT2D eigenvalue weighted by molar-refractivity contribution is 5.82. The van der Waals surface area contributed by atoms with Crippen molar-refractivity contribution in [2.45, 2.75) is 32.7 Å². The Morgan fingerprint density at radius 1 is 1.60 bits per heavy atom. The molecule has 0 saturated carbocycles. The number of aliphatic hydroxyl groups is 1. The van der Waals surface area contributed by atoms with Crippen LogP contribution in [0, 0.1) is 5.92 Å². The molecule has 0 spiro atoms. The zero-order chi connectivity index (χ0) is 11.3. The van der Waals surface area contributed by atoms with Gasteiger partial charge in [0.05, 0.1) is 6.61 Å². The van der Waals surface area contributed by atoms with Gasteiger partial charge in [-0.15, -0.1) is 0 Å². The molecule has 1 atom stereocenters. The first kappa shape index (κ1) is 12.5. The van der Waals surface area contributed by atoms with Crippen LogP contribution >= 0.6 is 0 Å². The summed E-state index contributed by atoms with van der Waals surface area (Å²) in [5.41, 5.74) is 0.